The summed E-state index contributed by atoms with van der Waals surface area (Å²) in [5.41, 5.74) is 1.54. The number of carbonyl (C=O) groups is 1. The van der Waals surface area contributed by atoms with Crippen molar-refractivity contribution in [3.05, 3.63) is 59.1 Å². The largest absolute Gasteiger partial charge is 0.322 e. The number of nitrogens with zero attached hydrogens (tertiary/aromatic N) is 1. The zero-order valence-corrected chi connectivity index (χ0v) is 13.8. The molecule has 0 aromatic heterocycles. The van der Waals surface area contributed by atoms with Crippen molar-refractivity contribution in [3.8, 4) is 0 Å². The Balaban J connectivity index is 1.82. The Morgan fingerprint density at radius 2 is 1.91 bits per heavy atom. The second kappa shape index (κ2) is 6.22. The summed E-state index contributed by atoms with van der Waals surface area (Å²) in [6.07, 6.45) is 0.613. The number of benzene rings is 2. The van der Waals surface area contributed by atoms with Crippen LogP contribution in [0, 0.1) is 0 Å². The van der Waals surface area contributed by atoms with Gasteiger partial charge in [0, 0.05) is 22.8 Å². The van der Waals surface area contributed by atoms with E-state index in [1.165, 1.54) is 4.31 Å². The molecule has 0 unspecified atom stereocenters. The Hall–Kier alpha value is -2.05. The Labute approximate surface area is 139 Å². The van der Waals surface area contributed by atoms with Gasteiger partial charge in [-0.2, -0.15) is 0 Å². The Morgan fingerprint density at radius 3 is 2.61 bits per heavy atom. The van der Waals surface area contributed by atoms with Crippen LogP contribution in [0.4, 0.5) is 11.4 Å². The van der Waals surface area contributed by atoms with Gasteiger partial charge in [-0.1, -0.05) is 23.7 Å². The van der Waals surface area contributed by atoms with Gasteiger partial charge in [0.15, 0.2) is 0 Å². The predicted octanol–water partition coefficient (Wildman–Crippen LogP) is 3.13. The Kier molecular flexibility index (Phi) is 4.28. The van der Waals surface area contributed by atoms with E-state index in [1.807, 2.05) is 0 Å². The van der Waals surface area contributed by atoms with Gasteiger partial charge in [-0.3, -0.25) is 9.10 Å². The smallest absolute Gasteiger partial charge is 0.255 e. The number of hydrogen-bond acceptors (Lipinski definition) is 3. The van der Waals surface area contributed by atoms with Crippen LogP contribution in [0.1, 0.15) is 16.8 Å². The molecule has 1 aliphatic rings. The maximum Gasteiger partial charge on any atom is 0.255 e. The zero-order chi connectivity index (χ0) is 16.4. The van der Waals surface area contributed by atoms with Crippen molar-refractivity contribution in [2.75, 3.05) is 21.9 Å². The fourth-order valence-electron chi connectivity index (χ4n) is 2.50. The van der Waals surface area contributed by atoms with E-state index in [4.69, 9.17) is 11.6 Å². The molecule has 120 valence electrons. The summed E-state index contributed by atoms with van der Waals surface area (Å²) in [5, 5.41) is 3.24. The maximum absolute atomic E-state index is 12.2. The summed E-state index contributed by atoms with van der Waals surface area (Å²) >= 11 is 5.88. The highest BCUT2D eigenvalue weighted by Crippen LogP contribution is 2.26. The van der Waals surface area contributed by atoms with Gasteiger partial charge in [0.2, 0.25) is 10.0 Å². The highest BCUT2D eigenvalue weighted by atomic mass is 35.5. The molecule has 0 bridgehead atoms. The van der Waals surface area contributed by atoms with Crippen LogP contribution in [0.3, 0.4) is 0 Å². The second-order valence-electron chi connectivity index (χ2n) is 5.26. The summed E-state index contributed by atoms with van der Waals surface area (Å²) in [4.78, 5) is 12.2. The first kappa shape index (κ1) is 15.8. The minimum Gasteiger partial charge on any atom is -0.322 e. The molecular weight excluding hydrogens is 336 g/mol. The van der Waals surface area contributed by atoms with Gasteiger partial charge in [0.05, 0.1) is 11.4 Å². The van der Waals surface area contributed by atoms with Gasteiger partial charge in [0.1, 0.15) is 0 Å². The predicted molar refractivity (Wildman–Crippen MR) is 91.6 cm³/mol. The third-order valence-corrected chi connectivity index (χ3v) is 5.68. The van der Waals surface area contributed by atoms with Crippen molar-refractivity contribution in [2.24, 2.45) is 0 Å². The van der Waals surface area contributed by atoms with Crippen LogP contribution in [0.15, 0.2) is 48.5 Å². The molecule has 0 saturated carbocycles. The Bertz CT molecular complexity index is 852. The molecule has 0 spiro atoms. The van der Waals surface area contributed by atoms with Crippen molar-refractivity contribution < 1.29 is 13.2 Å². The highest BCUT2D eigenvalue weighted by Gasteiger charge is 2.28. The summed E-state index contributed by atoms with van der Waals surface area (Å²) < 4.78 is 25.3. The lowest BCUT2D eigenvalue weighted by molar-refractivity contribution is 0.102. The molecule has 1 aliphatic heterocycles. The highest BCUT2D eigenvalue weighted by molar-refractivity contribution is 7.93. The van der Waals surface area contributed by atoms with Crippen LogP contribution in [0.5, 0.6) is 0 Å². The standard InChI is InChI=1S/C16H15ClN2O3S/c17-13-5-1-4-12(10-13)16(20)18-14-6-2-7-15(11-14)19-8-3-9-23(19,21)22/h1-2,4-7,10-11H,3,8-9H2,(H,18,20). The fourth-order valence-corrected chi connectivity index (χ4v) is 4.25. The SMILES string of the molecule is O=C(Nc1cccc(N2CCCS2(=O)=O)c1)c1cccc(Cl)c1. The molecule has 1 fully saturated rings. The summed E-state index contributed by atoms with van der Waals surface area (Å²) in [7, 11) is -3.24. The van der Waals surface area contributed by atoms with Crippen LogP contribution < -0.4 is 9.62 Å². The van der Waals surface area contributed by atoms with E-state index in [1.54, 1.807) is 48.5 Å². The quantitative estimate of drug-likeness (QED) is 0.924. The number of sulfonamides is 1. The molecule has 2 aromatic rings. The molecule has 23 heavy (non-hydrogen) atoms. The topological polar surface area (TPSA) is 66.5 Å². The zero-order valence-electron chi connectivity index (χ0n) is 12.2. The van der Waals surface area contributed by atoms with Gasteiger partial charge < -0.3 is 5.32 Å². The van der Waals surface area contributed by atoms with Gasteiger partial charge >= 0.3 is 0 Å². The Morgan fingerprint density at radius 1 is 1.13 bits per heavy atom. The number of amides is 1. The van der Waals surface area contributed by atoms with E-state index in [0.717, 1.165) is 0 Å². The average Bonchev–Trinajstić information content (AvgIpc) is 2.87. The molecule has 1 N–H and O–H groups in total. The number of rotatable bonds is 3. The van der Waals surface area contributed by atoms with Gasteiger partial charge in [0.25, 0.3) is 5.91 Å². The van der Waals surface area contributed by atoms with Crippen LogP contribution in [0.25, 0.3) is 0 Å². The first-order valence-electron chi connectivity index (χ1n) is 7.13. The monoisotopic (exact) mass is 350 g/mol. The van der Waals surface area contributed by atoms with Crippen LogP contribution in [-0.4, -0.2) is 26.6 Å². The van der Waals surface area contributed by atoms with Crippen molar-refractivity contribution in [1.29, 1.82) is 0 Å². The van der Waals surface area contributed by atoms with Crippen molar-refractivity contribution in [3.63, 3.8) is 0 Å². The molecule has 1 heterocycles. The van der Waals surface area contributed by atoms with E-state index in [0.29, 0.717) is 34.9 Å². The van der Waals surface area contributed by atoms with Crippen LogP contribution in [0.2, 0.25) is 5.02 Å². The van der Waals surface area contributed by atoms with E-state index in [9.17, 15) is 13.2 Å². The lowest BCUT2D eigenvalue weighted by Crippen LogP contribution is -2.25. The molecule has 3 rings (SSSR count). The van der Waals surface area contributed by atoms with E-state index < -0.39 is 10.0 Å². The third-order valence-electron chi connectivity index (χ3n) is 3.58. The van der Waals surface area contributed by atoms with Crippen molar-refractivity contribution in [1.82, 2.24) is 0 Å². The molecule has 1 saturated heterocycles. The molecule has 1 amide bonds. The first-order valence-corrected chi connectivity index (χ1v) is 9.12. The summed E-state index contributed by atoms with van der Waals surface area (Å²) in [6.45, 7) is 0.466. The summed E-state index contributed by atoms with van der Waals surface area (Å²) in [5.74, 6) is -0.138. The molecule has 5 nitrogen and oxygen atoms in total. The number of halogens is 1. The maximum atomic E-state index is 12.2. The number of anilines is 2. The lowest BCUT2D eigenvalue weighted by Gasteiger charge is -2.17. The van der Waals surface area contributed by atoms with E-state index in [2.05, 4.69) is 5.32 Å². The molecule has 7 heteroatoms. The van der Waals surface area contributed by atoms with Gasteiger partial charge in [-0.25, -0.2) is 8.42 Å². The number of hydrogen-bond donors (Lipinski definition) is 1. The third kappa shape index (κ3) is 3.48. The van der Waals surface area contributed by atoms with Gasteiger partial charge in [-0.15, -0.1) is 0 Å². The van der Waals surface area contributed by atoms with E-state index in [-0.39, 0.29) is 11.7 Å². The first-order chi connectivity index (χ1) is 11.0. The molecular formula is C16H15ClN2O3S. The number of nitrogens with one attached hydrogen (secondary N) is 1. The minimum atomic E-state index is -3.24. The molecule has 0 aliphatic carbocycles. The molecule has 2 aromatic carbocycles. The van der Waals surface area contributed by atoms with Crippen molar-refractivity contribution >= 4 is 38.9 Å². The normalized spacial score (nSPS) is 16.3. The minimum absolute atomic E-state index is 0.159. The number of carbonyl (C=O) groups excluding carboxylic acids is 1. The fraction of sp³-hybridized carbons (Fsp3) is 0.188. The van der Waals surface area contributed by atoms with Crippen molar-refractivity contribution in [2.45, 2.75) is 6.42 Å². The van der Waals surface area contributed by atoms with Crippen LogP contribution >= 0.6 is 11.6 Å². The average molecular weight is 351 g/mol. The molecule has 0 atom stereocenters. The lowest BCUT2D eigenvalue weighted by atomic mass is 10.2. The second-order valence-corrected chi connectivity index (χ2v) is 7.71. The van der Waals surface area contributed by atoms with E-state index >= 15 is 0 Å². The van der Waals surface area contributed by atoms with Crippen LogP contribution in [-0.2, 0) is 10.0 Å². The molecule has 0 radical (unpaired) electrons. The van der Waals surface area contributed by atoms with Gasteiger partial charge in [-0.05, 0) is 42.8 Å². The summed E-state index contributed by atoms with van der Waals surface area (Å²) in [6, 6.07) is 13.4.